The first kappa shape index (κ1) is 18.3. The average Bonchev–Trinajstić information content (AvgIpc) is 3.20. The zero-order valence-corrected chi connectivity index (χ0v) is 16.7. The number of hydrogen-bond acceptors (Lipinski definition) is 4. The van der Waals surface area contributed by atoms with Gasteiger partial charge in [0.15, 0.2) is 0 Å². The molecule has 3 nitrogen and oxygen atoms in total. The number of rotatable bonds is 4. The Kier molecular flexibility index (Phi) is 5.55. The molecule has 2 atom stereocenters. The summed E-state index contributed by atoms with van der Waals surface area (Å²) in [4.78, 5) is 6.06. The molecular formula is C21H27ClN2OS. The summed E-state index contributed by atoms with van der Waals surface area (Å²) in [5.74, 6) is 0.335. The van der Waals surface area contributed by atoms with Gasteiger partial charge in [0, 0.05) is 43.5 Å². The standard InChI is InChI=1S/C21H27ClN2OS/c22-18-7-1-2-8-19(18)24-13-11-23(12-14-24)16-17-6-3-4-10-21(17,25)20-9-5-15-26-20/h1-2,5,7-9,15,17,25H,3-4,6,10-14,16H2. The Hall–Kier alpha value is -1.07. The Morgan fingerprint density at radius 1 is 1.08 bits per heavy atom. The molecule has 4 rings (SSSR count). The fraction of sp³-hybridized carbons (Fsp3) is 0.524. The summed E-state index contributed by atoms with van der Waals surface area (Å²) in [7, 11) is 0. The Balaban J connectivity index is 1.40. The van der Waals surface area contributed by atoms with E-state index in [2.05, 4.69) is 39.4 Å². The predicted molar refractivity (Wildman–Crippen MR) is 110 cm³/mol. The number of benzene rings is 1. The van der Waals surface area contributed by atoms with Gasteiger partial charge in [-0.05, 0) is 36.4 Å². The third kappa shape index (κ3) is 3.65. The minimum atomic E-state index is -0.633. The fourth-order valence-electron chi connectivity index (χ4n) is 4.51. The number of halogens is 1. The van der Waals surface area contributed by atoms with Crippen molar-refractivity contribution < 1.29 is 5.11 Å². The monoisotopic (exact) mass is 390 g/mol. The van der Waals surface area contributed by atoms with Crippen LogP contribution in [0.1, 0.15) is 30.6 Å². The average molecular weight is 391 g/mol. The van der Waals surface area contributed by atoms with Crippen LogP contribution in [0.2, 0.25) is 5.02 Å². The van der Waals surface area contributed by atoms with Crippen molar-refractivity contribution in [3.63, 3.8) is 0 Å². The minimum Gasteiger partial charge on any atom is -0.384 e. The molecule has 1 N–H and O–H groups in total. The van der Waals surface area contributed by atoms with Crippen LogP contribution >= 0.6 is 22.9 Å². The molecule has 26 heavy (non-hydrogen) atoms. The third-order valence-electron chi connectivity index (χ3n) is 6.03. The summed E-state index contributed by atoms with van der Waals surface area (Å²) in [5.41, 5.74) is 0.508. The smallest absolute Gasteiger partial charge is 0.103 e. The first-order chi connectivity index (χ1) is 12.7. The van der Waals surface area contributed by atoms with Crippen molar-refractivity contribution in [2.24, 2.45) is 5.92 Å². The Bertz CT molecular complexity index is 715. The topological polar surface area (TPSA) is 26.7 Å². The molecule has 1 aromatic carbocycles. The molecule has 0 radical (unpaired) electrons. The summed E-state index contributed by atoms with van der Waals surface area (Å²) >= 11 is 8.06. The highest BCUT2D eigenvalue weighted by molar-refractivity contribution is 7.10. The molecule has 1 aliphatic heterocycles. The summed E-state index contributed by atoms with van der Waals surface area (Å²) in [6.45, 7) is 5.04. The normalized spacial score (nSPS) is 27.6. The molecule has 0 spiro atoms. The van der Waals surface area contributed by atoms with Crippen molar-refractivity contribution in [3.05, 3.63) is 51.7 Å². The number of hydrogen-bond donors (Lipinski definition) is 1. The number of aliphatic hydroxyl groups is 1. The van der Waals surface area contributed by atoms with Gasteiger partial charge in [0.1, 0.15) is 5.60 Å². The fourth-order valence-corrected chi connectivity index (χ4v) is 5.70. The van der Waals surface area contributed by atoms with Crippen LogP contribution < -0.4 is 4.90 Å². The maximum Gasteiger partial charge on any atom is 0.103 e. The van der Waals surface area contributed by atoms with Crippen molar-refractivity contribution in [1.29, 1.82) is 0 Å². The Morgan fingerprint density at radius 3 is 2.62 bits per heavy atom. The summed E-state index contributed by atoms with van der Waals surface area (Å²) in [6, 6.07) is 12.3. The second-order valence-electron chi connectivity index (χ2n) is 7.58. The molecule has 1 aliphatic carbocycles. The van der Waals surface area contributed by atoms with Crippen molar-refractivity contribution in [1.82, 2.24) is 4.90 Å². The van der Waals surface area contributed by atoms with Gasteiger partial charge >= 0.3 is 0 Å². The molecule has 2 aromatic rings. The molecule has 2 unspecified atom stereocenters. The highest BCUT2D eigenvalue weighted by Crippen LogP contribution is 2.44. The lowest BCUT2D eigenvalue weighted by atomic mass is 9.74. The zero-order valence-electron chi connectivity index (χ0n) is 15.1. The van der Waals surface area contributed by atoms with E-state index in [1.807, 2.05) is 12.1 Å². The second-order valence-corrected chi connectivity index (χ2v) is 8.94. The molecule has 5 heteroatoms. The molecule has 0 amide bonds. The van der Waals surface area contributed by atoms with Crippen LogP contribution in [0.5, 0.6) is 0 Å². The number of thiophene rings is 1. The predicted octanol–water partition coefficient (Wildman–Crippen LogP) is 4.60. The van der Waals surface area contributed by atoms with Crippen LogP contribution in [0.3, 0.4) is 0 Å². The first-order valence-electron chi connectivity index (χ1n) is 9.65. The lowest BCUT2D eigenvalue weighted by Crippen LogP contribution is -2.51. The van der Waals surface area contributed by atoms with Gasteiger partial charge in [-0.1, -0.05) is 42.6 Å². The van der Waals surface area contributed by atoms with Crippen LogP contribution in [0, 0.1) is 5.92 Å². The third-order valence-corrected chi connectivity index (χ3v) is 7.38. The van der Waals surface area contributed by atoms with Crippen molar-refractivity contribution >= 4 is 28.6 Å². The van der Waals surface area contributed by atoms with Gasteiger partial charge in [-0.3, -0.25) is 4.90 Å². The van der Waals surface area contributed by atoms with E-state index in [0.29, 0.717) is 5.92 Å². The minimum absolute atomic E-state index is 0.335. The largest absolute Gasteiger partial charge is 0.384 e. The van der Waals surface area contributed by atoms with Crippen LogP contribution in [0.15, 0.2) is 41.8 Å². The molecule has 140 valence electrons. The van der Waals surface area contributed by atoms with Gasteiger partial charge in [0.2, 0.25) is 0 Å². The molecule has 1 aromatic heterocycles. The highest BCUT2D eigenvalue weighted by Gasteiger charge is 2.42. The van der Waals surface area contributed by atoms with E-state index in [0.717, 1.165) is 67.6 Å². The number of para-hydroxylation sites is 1. The van der Waals surface area contributed by atoms with E-state index >= 15 is 0 Å². The Morgan fingerprint density at radius 2 is 1.88 bits per heavy atom. The van der Waals surface area contributed by atoms with Gasteiger partial charge in [-0.2, -0.15) is 0 Å². The maximum atomic E-state index is 11.4. The molecular weight excluding hydrogens is 364 g/mol. The van der Waals surface area contributed by atoms with E-state index in [-0.39, 0.29) is 0 Å². The Labute approximate surface area is 165 Å². The van der Waals surface area contributed by atoms with Crippen molar-refractivity contribution in [3.8, 4) is 0 Å². The summed E-state index contributed by atoms with van der Waals surface area (Å²) < 4.78 is 0. The molecule has 2 fully saturated rings. The SMILES string of the molecule is OC1(c2cccs2)CCCCC1CN1CCN(c2ccccc2Cl)CC1. The molecule has 2 heterocycles. The molecule has 0 bridgehead atoms. The van der Waals surface area contributed by atoms with E-state index in [1.54, 1.807) is 11.3 Å². The van der Waals surface area contributed by atoms with Crippen LogP contribution in [-0.4, -0.2) is 42.7 Å². The number of piperazine rings is 1. The lowest BCUT2D eigenvalue weighted by Gasteiger charge is -2.44. The quantitative estimate of drug-likeness (QED) is 0.826. The van der Waals surface area contributed by atoms with Gasteiger partial charge in [-0.25, -0.2) is 0 Å². The second kappa shape index (κ2) is 7.89. The van der Waals surface area contributed by atoms with E-state index in [9.17, 15) is 5.11 Å². The van der Waals surface area contributed by atoms with Crippen LogP contribution in [-0.2, 0) is 5.60 Å². The first-order valence-corrected chi connectivity index (χ1v) is 10.9. The van der Waals surface area contributed by atoms with Gasteiger partial charge < -0.3 is 10.0 Å². The maximum absolute atomic E-state index is 11.4. The summed E-state index contributed by atoms with van der Waals surface area (Å²) in [5, 5.41) is 14.4. The van der Waals surface area contributed by atoms with Crippen molar-refractivity contribution in [2.45, 2.75) is 31.3 Å². The van der Waals surface area contributed by atoms with Gasteiger partial charge in [0.25, 0.3) is 0 Å². The zero-order chi connectivity index (χ0) is 18.0. The molecule has 1 saturated carbocycles. The number of nitrogens with zero attached hydrogens (tertiary/aromatic N) is 2. The highest BCUT2D eigenvalue weighted by atomic mass is 35.5. The van der Waals surface area contributed by atoms with E-state index in [4.69, 9.17) is 11.6 Å². The van der Waals surface area contributed by atoms with Crippen LogP contribution in [0.4, 0.5) is 5.69 Å². The van der Waals surface area contributed by atoms with Crippen LogP contribution in [0.25, 0.3) is 0 Å². The van der Waals surface area contributed by atoms with Crippen molar-refractivity contribution in [2.75, 3.05) is 37.6 Å². The van der Waals surface area contributed by atoms with E-state index in [1.165, 1.54) is 6.42 Å². The number of anilines is 1. The van der Waals surface area contributed by atoms with Gasteiger partial charge in [0.05, 0.1) is 10.7 Å². The van der Waals surface area contributed by atoms with Gasteiger partial charge in [-0.15, -0.1) is 11.3 Å². The lowest BCUT2D eigenvalue weighted by molar-refractivity contribution is -0.0631. The van der Waals surface area contributed by atoms with E-state index < -0.39 is 5.60 Å². The molecule has 1 saturated heterocycles. The molecule has 2 aliphatic rings. The summed E-state index contributed by atoms with van der Waals surface area (Å²) in [6.07, 6.45) is 4.39.